The van der Waals surface area contributed by atoms with Crippen LogP contribution in [-0.2, 0) is 35.2 Å². The molecule has 1 saturated heterocycles. The molecular formula is C48H73N3O9. The number of carboxylic acids is 2. The molecule has 5 N–H and O–H groups in total. The van der Waals surface area contributed by atoms with Crippen LogP contribution < -0.4 is 10.6 Å². The summed E-state index contributed by atoms with van der Waals surface area (Å²) in [6, 6.07) is 5.44. The van der Waals surface area contributed by atoms with Crippen LogP contribution >= 0.6 is 0 Å². The standard InChI is InChI=1S/C24H32O3.C22H35N3O6.C2H6/c1-3-4-9-18(2)10-5-11-19-12-6-15-21(19)22-16-7-13-20(24(22)27)14-8-17-23(25)26;1-15(26)10-13-25-19(27)14-18(21(25)29)23-11-6-2-3-7-12-24-20(28)16-8-4-5-9-17(16)22(30)31;1-2/h5,7,11,13,16,18-19,21,27H,6,8-10,12,14-15,17H2,1-2H3,(H,25,26);16-18,23H,2-14H2,1H3,(H,24,28)(H,30,31);1-2H3/b11-5+;;/t18?,19-,21-;;/m0../s1. The highest BCUT2D eigenvalue weighted by atomic mass is 16.4. The van der Waals surface area contributed by atoms with Crippen molar-refractivity contribution in [1.29, 1.82) is 0 Å². The van der Waals surface area contributed by atoms with Gasteiger partial charge in [-0.05, 0) is 107 Å². The Morgan fingerprint density at radius 1 is 0.917 bits per heavy atom. The van der Waals surface area contributed by atoms with E-state index in [0.29, 0.717) is 62.3 Å². The first kappa shape index (κ1) is 51.6. The molecule has 1 aliphatic heterocycles. The number of carboxylic acid groups (broad SMARTS) is 2. The van der Waals surface area contributed by atoms with Crippen molar-refractivity contribution < 1.29 is 44.1 Å². The minimum absolute atomic E-state index is 0.0476. The van der Waals surface area contributed by atoms with Crippen molar-refractivity contribution in [3.63, 3.8) is 0 Å². The number of aromatic hydroxyl groups is 1. The van der Waals surface area contributed by atoms with Crippen molar-refractivity contribution in [2.45, 2.75) is 162 Å². The highest BCUT2D eigenvalue weighted by Gasteiger charge is 2.38. The van der Waals surface area contributed by atoms with Crippen LogP contribution in [0.1, 0.15) is 161 Å². The Bertz CT molecular complexity index is 1630. The molecule has 1 aromatic rings. The number of carbonyl (C=O) groups is 6. The van der Waals surface area contributed by atoms with Crippen molar-refractivity contribution in [1.82, 2.24) is 15.5 Å². The van der Waals surface area contributed by atoms with Gasteiger partial charge in [-0.25, -0.2) is 0 Å². The monoisotopic (exact) mass is 836 g/mol. The molecule has 3 aliphatic rings. The topological polar surface area (TPSA) is 190 Å². The smallest absolute Gasteiger partial charge is 0.307 e. The van der Waals surface area contributed by atoms with Crippen LogP contribution in [0, 0.1) is 35.5 Å². The average molecular weight is 836 g/mol. The second-order valence-electron chi connectivity index (χ2n) is 16.3. The Balaban J connectivity index is 0.000000400. The number of phenolic OH excluding ortho intramolecular Hbond substituents is 1. The van der Waals surface area contributed by atoms with Gasteiger partial charge in [-0.2, -0.15) is 0 Å². The molecule has 3 fully saturated rings. The zero-order chi connectivity index (χ0) is 44.5. The van der Waals surface area contributed by atoms with Crippen molar-refractivity contribution in [3.05, 3.63) is 41.5 Å². The molecule has 334 valence electrons. The first-order chi connectivity index (χ1) is 28.8. The Hall–Kier alpha value is -4.50. The number of rotatable bonds is 22. The number of imide groups is 1. The van der Waals surface area contributed by atoms with Gasteiger partial charge in [-0.3, -0.25) is 33.7 Å². The third kappa shape index (κ3) is 18.0. The summed E-state index contributed by atoms with van der Waals surface area (Å²) in [5, 5.41) is 34.9. The maximum Gasteiger partial charge on any atom is 0.307 e. The van der Waals surface area contributed by atoms with Crippen molar-refractivity contribution >= 4 is 35.4 Å². The molecule has 3 amide bonds. The zero-order valence-corrected chi connectivity index (χ0v) is 36.9. The number of hydrogen-bond acceptors (Lipinski definition) is 8. The second kappa shape index (κ2) is 28.9. The van der Waals surface area contributed by atoms with Gasteiger partial charge in [0.1, 0.15) is 11.5 Å². The van der Waals surface area contributed by atoms with E-state index in [4.69, 9.17) is 5.11 Å². The molecule has 6 atom stereocenters. The summed E-state index contributed by atoms with van der Waals surface area (Å²) in [5.74, 6) is 4.53. The van der Waals surface area contributed by atoms with Crippen LogP contribution in [0.2, 0.25) is 0 Å². The van der Waals surface area contributed by atoms with Crippen LogP contribution in [0.15, 0.2) is 30.4 Å². The molecule has 1 heterocycles. The van der Waals surface area contributed by atoms with E-state index in [2.05, 4.69) is 41.6 Å². The summed E-state index contributed by atoms with van der Waals surface area (Å²) < 4.78 is 0. The highest BCUT2D eigenvalue weighted by molar-refractivity contribution is 6.05. The average Bonchev–Trinajstić information content (AvgIpc) is 3.80. The molecule has 12 nitrogen and oxygen atoms in total. The van der Waals surface area contributed by atoms with E-state index in [1.807, 2.05) is 39.0 Å². The number of Topliss-reactive ketones (excluding diaryl/α,β-unsaturated/α-hetero) is 1. The summed E-state index contributed by atoms with van der Waals surface area (Å²) >= 11 is 0. The molecule has 0 aromatic heterocycles. The third-order valence-corrected chi connectivity index (χ3v) is 11.7. The van der Waals surface area contributed by atoms with E-state index in [0.717, 1.165) is 75.3 Å². The van der Waals surface area contributed by atoms with Gasteiger partial charge < -0.3 is 26.0 Å². The fourth-order valence-electron chi connectivity index (χ4n) is 8.30. The van der Waals surface area contributed by atoms with Gasteiger partial charge in [0.2, 0.25) is 17.7 Å². The van der Waals surface area contributed by atoms with Gasteiger partial charge in [-0.1, -0.05) is 83.2 Å². The van der Waals surface area contributed by atoms with Crippen molar-refractivity contribution in [3.8, 4) is 17.6 Å². The number of aliphatic carboxylic acids is 2. The number of para-hydroxylation sites is 1. The van der Waals surface area contributed by atoms with E-state index >= 15 is 0 Å². The predicted molar refractivity (Wildman–Crippen MR) is 234 cm³/mol. The second-order valence-corrected chi connectivity index (χ2v) is 16.3. The molecule has 2 aliphatic carbocycles. The molecule has 2 saturated carbocycles. The first-order valence-electron chi connectivity index (χ1n) is 22.5. The van der Waals surface area contributed by atoms with Crippen molar-refractivity contribution in [2.24, 2.45) is 23.7 Å². The molecule has 1 aromatic carbocycles. The van der Waals surface area contributed by atoms with E-state index in [-0.39, 0.29) is 49.3 Å². The summed E-state index contributed by atoms with van der Waals surface area (Å²) in [4.78, 5) is 70.7. The molecule has 60 heavy (non-hydrogen) atoms. The van der Waals surface area contributed by atoms with E-state index in [1.165, 1.54) is 18.2 Å². The Morgan fingerprint density at radius 2 is 1.62 bits per heavy atom. The number of nitrogens with zero attached hydrogens (tertiary/aromatic N) is 1. The molecular weight excluding hydrogens is 763 g/mol. The maximum atomic E-state index is 12.3. The fourth-order valence-corrected chi connectivity index (χ4v) is 8.30. The maximum absolute atomic E-state index is 12.3. The number of likely N-dealkylation sites (tertiary alicyclic amines) is 1. The number of aryl methyl sites for hydroxylation is 1. The summed E-state index contributed by atoms with van der Waals surface area (Å²) in [5.41, 5.74) is 1.90. The number of benzene rings is 1. The lowest BCUT2D eigenvalue weighted by Gasteiger charge is -2.27. The molecule has 0 radical (unpaired) electrons. The zero-order valence-electron chi connectivity index (χ0n) is 36.9. The van der Waals surface area contributed by atoms with Crippen LogP contribution in [-0.4, -0.2) is 81.3 Å². The normalized spacial score (nSPS) is 21.6. The van der Waals surface area contributed by atoms with Gasteiger partial charge in [0.05, 0.1) is 24.3 Å². The van der Waals surface area contributed by atoms with E-state index in [9.17, 15) is 39.0 Å². The number of phenols is 1. The van der Waals surface area contributed by atoms with Crippen LogP contribution in [0.25, 0.3) is 0 Å². The van der Waals surface area contributed by atoms with E-state index in [1.54, 1.807) is 0 Å². The van der Waals surface area contributed by atoms with Gasteiger partial charge >= 0.3 is 11.9 Å². The lowest BCUT2D eigenvalue weighted by molar-refractivity contribution is -0.149. The number of hydrogen-bond donors (Lipinski definition) is 5. The fraction of sp³-hybridized carbons (Fsp3) is 0.667. The number of ketones is 1. The van der Waals surface area contributed by atoms with E-state index < -0.39 is 29.8 Å². The largest absolute Gasteiger partial charge is 0.507 e. The van der Waals surface area contributed by atoms with Gasteiger partial charge in [0.15, 0.2) is 0 Å². The van der Waals surface area contributed by atoms with Crippen LogP contribution in [0.4, 0.5) is 0 Å². The summed E-state index contributed by atoms with van der Waals surface area (Å²) in [6.45, 7) is 10.9. The van der Waals surface area contributed by atoms with Gasteiger partial charge in [-0.15, -0.1) is 11.8 Å². The molecule has 4 unspecified atom stereocenters. The lowest BCUT2D eigenvalue weighted by atomic mass is 9.78. The lowest BCUT2D eigenvalue weighted by Crippen LogP contribution is -2.40. The Kier molecular flexibility index (Phi) is 24.9. The predicted octanol–water partition coefficient (Wildman–Crippen LogP) is 7.96. The quantitative estimate of drug-likeness (QED) is 0.0332. The molecule has 0 bridgehead atoms. The highest BCUT2D eigenvalue weighted by Crippen LogP contribution is 2.44. The SMILES string of the molecule is CC.CC#CCC(C)C/C=C/[C@H]1CCC[C@@H]1c1cccc(CCCC(=O)O)c1O.CC(=O)CCN1C(=O)CC(NCCCCCCNC(=O)C2CCCCC2C(=O)O)C1=O. The molecule has 4 rings (SSSR count). The third-order valence-electron chi connectivity index (χ3n) is 11.7. The summed E-state index contributed by atoms with van der Waals surface area (Å²) in [6.07, 6.45) is 18.2. The van der Waals surface area contributed by atoms with Gasteiger partial charge in [0.25, 0.3) is 0 Å². The minimum atomic E-state index is -0.878. The Morgan fingerprint density at radius 3 is 2.28 bits per heavy atom. The van der Waals surface area contributed by atoms with Crippen LogP contribution in [0.3, 0.4) is 0 Å². The molecule has 0 spiro atoms. The number of allylic oxidation sites excluding steroid dienone is 2. The number of carbonyl (C=O) groups excluding carboxylic acids is 4. The minimum Gasteiger partial charge on any atom is -0.507 e. The summed E-state index contributed by atoms with van der Waals surface area (Å²) in [7, 11) is 0. The number of amides is 3. The Labute approximate surface area is 358 Å². The number of nitrogens with one attached hydrogen (secondary N) is 2. The van der Waals surface area contributed by atoms with Crippen molar-refractivity contribution in [2.75, 3.05) is 19.6 Å². The van der Waals surface area contributed by atoms with Gasteiger partial charge in [0, 0.05) is 32.4 Å². The molecule has 12 heteroatoms. The first-order valence-corrected chi connectivity index (χ1v) is 22.5. The van der Waals surface area contributed by atoms with Crippen LogP contribution in [0.5, 0.6) is 5.75 Å². The number of unbranched alkanes of at least 4 members (excludes halogenated alkanes) is 3.